The first-order valence-corrected chi connectivity index (χ1v) is 6.27. The number of aromatic nitrogens is 2. The summed E-state index contributed by atoms with van der Waals surface area (Å²) in [6.45, 7) is 1.69. The van der Waals surface area contributed by atoms with Gasteiger partial charge in [-0.1, -0.05) is 0 Å². The number of nitrogens with zero attached hydrogens (tertiary/aromatic N) is 1. The number of benzene rings is 1. The predicted octanol–water partition coefficient (Wildman–Crippen LogP) is 3.25. The van der Waals surface area contributed by atoms with Crippen LogP contribution in [0.15, 0.2) is 18.2 Å². The largest absolute Gasteiger partial charge is 0.342 e. The average molecular weight is 249 g/mol. The maximum absolute atomic E-state index is 11.8. The number of hydrogen-bond donors (Lipinski definition) is 1. The van der Waals surface area contributed by atoms with Gasteiger partial charge in [0.1, 0.15) is 5.82 Å². The number of carbonyl (C=O) groups excluding carboxylic acids is 1. The topological polar surface area (TPSA) is 45.8 Å². The lowest BCUT2D eigenvalue weighted by atomic mass is 10.1. The van der Waals surface area contributed by atoms with E-state index in [1.165, 1.54) is 12.8 Å². The molecule has 1 aromatic carbocycles. The van der Waals surface area contributed by atoms with E-state index < -0.39 is 5.38 Å². The summed E-state index contributed by atoms with van der Waals surface area (Å²) in [5.41, 5.74) is 2.49. The number of nitrogens with one attached hydrogen (secondary N) is 1. The van der Waals surface area contributed by atoms with Gasteiger partial charge in [0.2, 0.25) is 0 Å². The Morgan fingerprint density at radius 1 is 1.53 bits per heavy atom. The van der Waals surface area contributed by atoms with Crippen molar-refractivity contribution in [2.24, 2.45) is 0 Å². The van der Waals surface area contributed by atoms with Gasteiger partial charge >= 0.3 is 0 Å². The zero-order chi connectivity index (χ0) is 12.0. The molecule has 0 amide bonds. The quantitative estimate of drug-likeness (QED) is 0.669. The first-order chi connectivity index (χ1) is 8.15. The Hall–Kier alpha value is -1.35. The van der Waals surface area contributed by atoms with Gasteiger partial charge in [-0.15, -0.1) is 11.6 Å². The van der Waals surface area contributed by atoms with Gasteiger partial charge in [-0.25, -0.2) is 4.98 Å². The predicted molar refractivity (Wildman–Crippen MR) is 67.7 cm³/mol. The Labute approximate surface area is 104 Å². The summed E-state index contributed by atoms with van der Waals surface area (Å²) in [5.74, 6) is 1.59. The van der Waals surface area contributed by atoms with Crippen LogP contribution in [0.25, 0.3) is 11.0 Å². The number of halogens is 1. The monoisotopic (exact) mass is 248 g/mol. The lowest BCUT2D eigenvalue weighted by Gasteiger charge is -2.01. The molecular formula is C13H13ClN2O. The molecule has 1 atom stereocenters. The van der Waals surface area contributed by atoms with Crippen LogP contribution in [0, 0.1) is 0 Å². The van der Waals surface area contributed by atoms with Crippen LogP contribution in [0.4, 0.5) is 0 Å². The Morgan fingerprint density at radius 2 is 2.29 bits per heavy atom. The number of imidazole rings is 1. The highest BCUT2D eigenvalue weighted by Crippen LogP contribution is 2.39. The fourth-order valence-electron chi connectivity index (χ4n) is 1.96. The van der Waals surface area contributed by atoms with E-state index in [1.54, 1.807) is 13.0 Å². The third kappa shape index (κ3) is 1.95. The Kier molecular flexibility index (Phi) is 2.44. The van der Waals surface area contributed by atoms with Crippen LogP contribution in [-0.4, -0.2) is 21.1 Å². The second kappa shape index (κ2) is 3.84. The first kappa shape index (κ1) is 10.8. The van der Waals surface area contributed by atoms with E-state index in [0.29, 0.717) is 11.5 Å². The van der Waals surface area contributed by atoms with Crippen LogP contribution >= 0.6 is 11.6 Å². The molecule has 3 nitrogen and oxygen atoms in total. The van der Waals surface area contributed by atoms with Crippen LogP contribution in [0.3, 0.4) is 0 Å². The lowest BCUT2D eigenvalue weighted by molar-refractivity contribution is 0.0992. The van der Waals surface area contributed by atoms with E-state index >= 15 is 0 Å². The fourth-order valence-corrected chi connectivity index (χ4v) is 2.09. The first-order valence-electron chi connectivity index (χ1n) is 5.83. The molecular weight excluding hydrogens is 236 g/mol. The smallest absolute Gasteiger partial charge is 0.180 e. The number of hydrogen-bond acceptors (Lipinski definition) is 2. The van der Waals surface area contributed by atoms with E-state index in [0.717, 1.165) is 16.9 Å². The molecule has 0 saturated heterocycles. The highest BCUT2D eigenvalue weighted by molar-refractivity contribution is 6.33. The molecule has 1 aliphatic carbocycles. The number of fused-ring (bicyclic) bond motifs is 1. The Morgan fingerprint density at radius 3 is 2.94 bits per heavy atom. The highest BCUT2D eigenvalue weighted by atomic mass is 35.5. The number of Topliss-reactive ketones (excluding diaryl/α,β-unsaturated/α-hetero) is 1. The van der Waals surface area contributed by atoms with E-state index in [-0.39, 0.29) is 5.78 Å². The summed E-state index contributed by atoms with van der Waals surface area (Å²) in [7, 11) is 0. The number of alkyl halides is 1. The molecule has 88 valence electrons. The second-order valence-electron chi connectivity index (χ2n) is 4.61. The van der Waals surface area contributed by atoms with Gasteiger partial charge < -0.3 is 4.98 Å². The number of carbonyl (C=O) groups is 1. The average Bonchev–Trinajstić information content (AvgIpc) is 3.07. The van der Waals surface area contributed by atoms with Crippen molar-refractivity contribution in [3.8, 4) is 0 Å². The molecule has 0 aliphatic heterocycles. The van der Waals surface area contributed by atoms with Crippen LogP contribution in [0.1, 0.15) is 41.9 Å². The molecule has 1 saturated carbocycles. The van der Waals surface area contributed by atoms with E-state index in [1.807, 2.05) is 12.1 Å². The third-order valence-electron chi connectivity index (χ3n) is 3.11. The standard InChI is InChI=1S/C13H13ClN2O/c1-7(14)12(17)9-4-5-10-11(6-9)16-13(15-10)8-2-3-8/h4-8H,2-3H2,1H3,(H,15,16). The molecule has 1 unspecified atom stereocenters. The summed E-state index contributed by atoms with van der Waals surface area (Å²) in [6.07, 6.45) is 2.43. The number of aromatic amines is 1. The van der Waals surface area contributed by atoms with Crippen LogP contribution in [-0.2, 0) is 0 Å². The third-order valence-corrected chi connectivity index (χ3v) is 3.31. The van der Waals surface area contributed by atoms with Crippen LogP contribution in [0.5, 0.6) is 0 Å². The maximum Gasteiger partial charge on any atom is 0.180 e. The molecule has 1 aliphatic rings. The molecule has 1 fully saturated rings. The fraction of sp³-hybridized carbons (Fsp3) is 0.385. The van der Waals surface area contributed by atoms with Gasteiger partial charge in [-0.2, -0.15) is 0 Å². The minimum Gasteiger partial charge on any atom is -0.342 e. The number of rotatable bonds is 3. The number of ketones is 1. The van der Waals surface area contributed by atoms with Crippen molar-refractivity contribution in [1.29, 1.82) is 0 Å². The highest BCUT2D eigenvalue weighted by Gasteiger charge is 2.26. The van der Waals surface area contributed by atoms with E-state index in [9.17, 15) is 4.79 Å². The number of H-pyrrole nitrogens is 1. The zero-order valence-electron chi connectivity index (χ0n) is 9.53. The van der Waals surface area contributed by atoms with Gasteiger partial charge in [0.05, 0.1) is 16.4 Å². The molecule has 1 N–H and O–H groups in total. The Balaban J connectivity index is 2.02. The minimum absolute atomic E-state index is 0.0452. The van der Waals surface area contributed by atoms with Crippen molar-refractivity contribution < 1.29 is 4.79 Å². The van der Waals surface area contributed by atoms with Crippen LogP contribution < -0.4 is 0 Å². The molecule has 2 aromatic rings. The summed E-state index contributed by atoms with van der Waals surface area (Å²) in [5, 5.41) is -0.488. The summed E-state index contributed by atoms with van der Waals surface area (Å²) in [4.78, 5) is 19.6. The van der Waals surface area contributed by atoms with Gasteiger partial charge in [0.25, 0.3) is 0 Å². The molecule has 0 spiro atoms. The van der Waals surface area contributed by atoms with Crippen molar-refractivity contribution in [1.82, 2.24) is 9.97 Å². The SMILES string of the molecule is CC(Cl)C(=O)c1ccc2nc(C3CC3)[nH]c2c1. The molecule has 17 heavy (non-hydrogen) atoms. The zero-order valence-corrected chi connectivity index (χ0v) is 10.3. The van der Waals surface area contributed by atoms with Crippen molar-refractivity contribution in [3.63, 3.8) is 0 Å². The van der Waals surface area contributed by atoms with Crippen molar-refractivity contribution in [2.75, 3.05) is 0 Å². The molecule has 0 radical (unpaired) electrons. The van der Waals surface area contributed by atoms with E-state index in [2.05, 4.69) is 9.97 Å². The lowest BCUT2D eigenvalue weighted by Crippen LogP contribution is -2.10. The normalized spacial score (nSPS) is 17.3. The van der Waals surface area contributed by atoms with E-state index in [4.69, 9.17) is 11.6 Å². The van der Waals surface area contributed by atoms with Crippen molar-refractivity contribution in [3.05, 3.63) is 29.6 Å². The Bertz CT molecular complexity index is 584. The molecule has 3 rings (SSSR count). The summed E-state index contributed by atoms with van der Waals surface area (Å²) in [6, 6.07) is 5.51. The van der Waals surface area contributed by atoms with Crippen molar-refractivity contribution >= 4 is 28.4 Å². The van der Waals surface area contributed by atoms with Crippen LogP contribution in [0.2, 0.25) is 0 Å². The van der Waals surface area contributed by atoms with Gasteiger partial charge in [0.15, 0.2) is 5.78 Å². The second-order valence-corrected chi connectivity index (χ2v) is 5.26. The summed E-state index contributed by atoms with van der Waals surface area (Å²) >= 11 is 5.80. The van der Waals surface area contributed by atoms with Gasteiger partial charge in [-0.05, 0) is 38.0 Å². The maximum atomic E-state index is 11.8. The van der Waals surface area contributed by atoms with Gasteiger partial charge in [-0.3, -0.25) is 4.79 Å². The minimum atomic E-state index is -0.488. The summed E-state index contributed by atoms with van der Waals surface area (Å²) < 4.78 is 0. The molecule has 1 aromatic heterocycles. The molecule has 0 bridgehead atoms. The molecule has 1 heterocycles. The van der Waals surface area contributed by atoms with Gasteiger partial charge in [0, 0.05) is 11.5 Å². The van der Waals surface area contributed by atoms with Crippen molar-refractivity contribution in [2.45, 2.75) is 31.1 Å². The molecule has 4 heteroatoms.